The van der Waals surface area contributed by atoms with Crippen LogP contribution < -0.4 is 5.32 Å². The number of hydrogen-bond acceptors (Lipinski definition) is 4. The van der Waals surface area contributed by atoms with Gasteiger partial charge in [0.1, 0.15) is 0 Å². The van der Waals surface area contributed by atoms with E-state index >= 15 is 0 Å². The maximum Gasteiger partial charge on any atom is 0.162 e. The molecule has 0 atom stereocenters. The molecule has 0 radical (unpaired) electrons. The molecule has 2 aromatic rings. The van der Waals surface area contributed by atoms with Crippen LogP contribution in [0.25, 0.3) is 11.4 Å². The van der Waals surface area contributed by atoms with Crippen LogP contribution in [0.4, 0.5) is 0 Å². The van der Waals surface area contributed by atoms with Crippen LogP contribution in [-0.2, 0) is 13.6 Å². The molecule has 0 unspecified atom stereocenters. The summed E-state index contributed by atoms with van der Waals surface area (Å²) < 4.78 is 1.76. The zero-order valence-corrected chi connectivity index (χ0v) is 13.2. The molecule has 0 spiro atoms. The normalized spacial score (nSPS) is 11.9. The summed E-state index contributed by atoms with van der Waals surface area (Å²) >= 11 is 0. The highest BCUT2D eigenvalue weighted by atomic mass is 15.2. The van der Waals surface area contributed by atoms with Gasteiger partial charge in [-0.2, -0.15) is 5.10 Å². The summed E-state index contributed by atoms with van der Waals surface area (Å²) in [5.41, 5.74) is 4.25. The Bertz CT molecular complexity index is 584. The van der Waals surface area contributed by atoms with Gasteiger partial charge in [-0.15, -0.1) is 0 Å². The molecule has 108 valence electrons. The molecule has 20 heavy (non-hydrogen) atoms. The Hall–Kier alpha value is -1.75. The molecule has 0 aliphatic carbocycles. The van der Waals surface area contributed by atoms with Gasteiger partial charge >= 0.3 is 0 Å². The van der Waals surface area contributed by atoms with Gasteiger partial charge in [0.15, 0.2) is 5.82 Å². The predicted octanol–water partition coefficient (Wildman–Crippen LogP) is 2.38. The van der Waals surface area contributed by atoms with Gasteiger partial charge in [-0.25, -0.2) is 9.97 Å². The molecule has 0 aliphatic rings. The Kier molecular flexibility index (Phi) is 3.90. The van der Waals surface area contributed by atoms with Crippen molar-refractivity contribution < 1.29 is 0 Å². The van der Waals surface area contributed by atoms with Gasteiger partial charge in [0.2, 0.25) is 0 Å². The van der Waals surface area contributed by atoms with Crippen LogP contribution in [0.2, 0.25) is 0 Å². The van der Waals surface area contributed by atoms with Crippen molar-refractivity contribution >= 4 is 0 Å². The van der Waals surface area contributed by atoms with Crippen LogP contribution in [0.1, 0.15) is 37.7 Å². The molecule has 1 N–H and O–H groups in total. The molecule has 0 saturated heterocycles. The second-order valence-electron chi connectivity index (χ2n) is 6.20. The lowest BCUT2D eigenvalue weighted by atomic mass is 10.1. The highest BCUT2D eigenvalue weighted by Gasteiger charge is 2.14. The molecular weight excluding hydrogens is 250 g/mol. The molecule has 0 fully saturated rings. The van der Waals surface area contributed by atoms with Crippen molar-refractivity contribution in [3.8, 4) is 11.4 Å². The van der Waals surface area contributed by atoms with Gasteiger partial charge in [-0.1, -0.05) is 0 Å². The van der Waals surface area contributed by atoms with Crippen LogP contribution in [-0.4, -0.2) is 25.3 Å². The monoisotopic (exact) mass is 273 g/mol. The second kappa shape index (κ2) is 5.32. The van der Waals surface area contributed by atoms with E-state index in [0.29, 0.717) is 0 Å². The van der Waals surface area contributed by atoms with Gasteiger partial charge in [-0.3, -0.25) is 4.68 Å². The molecule has 2 aromatic heterocycles. The summed E-state index contributed by atoms with van der Waals surface area (Å²) in [7, 11) is 1.89. The van der Waals surface area contributed by atoms with Crippen molar-refractivity contribution in [2.75, 3.05) is 0 Å². The SMILES string of the molecule is Cc1nc(-c2cnn(C)c2)nc(C)c1CNC(C)(C)C. The summed E-state index contributed by atoms with van der Waals surface area (Å²) in [5.74, 6) is 0.743. The standard InChI is InChI=1S/C15H23N5/c1-10-13(8-16-15(3,4)5)11(2)19-14(18-10)12-7-17-20(6)9-12/h7,9,16H,8H2,1-6H3. The van der Waals surface area contributed by atoms with E-state index in [1.165, 1.54) is 5.56 Å². The molecule has 5 nitrogen and oxygen atoms in total. The van der Waals surface area contributed by atoms with Gasteiger partial charge < -0.3 is 5.32 Å². The topological polar surface area (TPSA) is 55.6 Å². The van der Waals surface area contributed by atoms with E-state index in [-0.39, 0.29) is 5.54 Å². The zero-order valence-electron chi connectivity index (χ0n) is 13.2. The fourth-order valence-electron chi connectivity index (χ4n) is 2.01. The number of nitrogens with zero attached hydrogens (tertiary/aromatic N) is 4. The summed E-state index contributed by atoms with van der Waals surface area (Å²) in [4.78, 5) is 9.23. The second-order valence-corrected chi connectivity index (χ2v) is 6.20. The Labute approximate surface area is 120 Å². The Morgan fingerprint density at radius 1 is 1.15 bits per heavy atom. The van der Waals surface area contributed by atoms with E-state index in [1.54, 1.807) is 10.9 Å². The molecule has 5 heteroatoms. The molecule has 2 rings (SSSR count). The quantitative estimate of drug-likeness (QED) is 0.933. The van der Waals surface area contributed by atoms with E-state index in [9.17, 15) is 0 Å². The first-order valence-electron chi connectivity index (χ1n) is 6.84. The molecule has 0 aliphatic heterocycles. The van der Waals surface area contributed by atoms with Crippen molar-refractivity contribution in [1.82, 2.24) is 25.1 Å². The van der Waals surface area contributed by atoms with Gasteiger partial charge in [0, 0.05) is 42.3 Å². The van der Waals surface area contributed by atoms with E-state index in [0.717, 1.165) is 29.3 Å². The van der Waals surface area contributed by atoms with Crippen LogP contribution in [0.3, 0.4) is 0 Å². The Morgan fingerprint density at radius 3 is 2.20 bits per heavy atom. The third-order valence-electron chi connectivity index (χ3n) is 3.18. The minimum atomic E-state index is 0.0842. The van der Waals surface area contributed by atoms with E-state index in [1.807, 2.05) is 27.1 Å². The summed E-state index contributed by atoms with van der Waals surface area (Å²) in [6.45, 7) is 11.3. The first-order valence-corrected chi connectivity index (χ1v) is 6.84. The minimum Gasteiger partial charge on any atom is -0.308 e. The van der Waals surface area contributed by atoms with Crippen LogP contribution >= 0.6 is 0 Å². The minimum absolute atomic E-state index is 0.0842. The maximum atomic E-state index is 4.61. The van der Waals surface area contributed by atoms with E-state index in [2.05, 4.69) is 41.2 Å². The van der Waals surface area contributed by atoms with Crippen LogP contribution in [0.5, 0.6) is 0 Å². The van der Waals surface area contributed by atoms with Crippen molar-refractivity contribution in [3.05, 3.63) is 29.3 Å². The van der Waals surface area contributed by atoms with E-state index in [4.69, 9.17) is 0 Å². The molecule has 0 saturated carbocycles. The molecule has 0 aromatic carbocycles. The molecule has 0 amide bonds. The average Bonchev–Trinajstić information content (AvgIpc) is 2.73. The largest absolute Gasteiger partial charge is 0.308 e. The van der Waals surface area contributed by atoms with Gasteiger partial charge in [-0.05, 0) is 34.6 Å². The van der Waals surface area contributed by atoms with Gasteiger partial charge in [0.25, 0.3) is 0 Å². The third-order valence-corrected chi connectivity index (χ3v) is 3.18. The van der Waals surface area contributed by atoms with Crippen molar-refractivity contribution in [1.29, 1.82) is 0 Å². The molecular formula is C15H23N5. The first-order chi connectivity index (χ1) is 9.26. The lowest BCUT2D eigenvalue weighted by Gasteiger charge is -2.21. The first kappa shape index (κ1) is 14.7. The molecule has 0 bridgehead atoms. The zero-order chi connectivity index (χ0) is 14.9. The fraction of sp³-hybridized carbons (Fsp3) is 0.533. The van der Waals surface area contributed by atoms with Crippen LogP contribution in [0.15, 0.2) is 12.4 Å². The smallest absolute Gasteiger partial charge is 0.162 e. The number of rotatable bonds is 3. The third kappa shape index (κ3) is 3.42. The summed E-state index contributed by atoms with van der Waals surface area (Å²) in [6, 6.07) is 0. The highest BCUT2D eigenvalue weighted by Crippen LogP contribution is 2.18. The fourth-order valence-corrected chi connectivity index (χ4v) is 2.01. The Balaban J connectivity index is 2.29. The summed E-state index contributed by atoms with van der Waals surface area (Å²) in [6.07, 6.45) is 3.72. The lowest BCUT2D eigenvalue weighted by Crippen LogP contribution is -2.35. The van der Waals surface area contributed by atoms with E-state index < -0.39 is 0 Å². The summed E-state index contributed by atoms with van der Waals surface area (Å²) in [5, 5.41) is 7.65. The lowest BCUT2D eigenvalue weighted by molar-refractivity contribution is 0.422. The van der Waals surface area contributed by atoms with Crippen molar-refractivity contribution in [2.45, 2.75) is 46.7 Å². The van der Waals surface area contributed by atoms with Gasteiger partial charge in [0.05, 0.1) is 11.8 Å². The maximum absolute atomic E-state index is 4.61. The Morgan fingerprint density at radius 2 is 1.75 bits per heavy atom. The van der Waals surface area contributed by atoms with Crippen molar-refractivity contribution in [2.24, 2.45) is 7.05 Å². The molecule has 2 heterocycles. The number of aryl methyl sites for hydroxylation is 3. The van der Waals surface area contributed by atoms with Crippen molar-refractivity contribution in [3.63, 3.8) is 0 Å². The van der Waals surface area contributed by atoms with Crippen LogP contribution in [0, 0.1) is 13.8 Å². The average molecular weight is 273 g/mol. The number of nitrogens with one attached hydrogen (secondary N) is 1. The number of aromatic nitrogens is 4. The predicted molar refractivity (Wildman–Crippen MR) is 80.3 cm³/mol. The number of hydrogen-bond donors (Lipinski definition) is 1. The highest BCUT2D eigenvalue weighted by molar-refractivity contribution is 5.53.